The summed E-state index contributed by atoms with van der Waals surface area (Å²) in [4.78, 5) is 16.4. The van der Waals surface area contributed by atoms with E-state index in [1.165, 1.54) is 14.2 Å². The van der Waals surface area contributed by atoms with Gasteiger partial charge in [-0.3, -0.25) is 0 Å². The van der Waals surface area contributed by atoms with E-state index in [9.17, 15) is 4.79 Å². The van der Waals surface area contributed by atoms with Gasteiger partial charge in [0.25, 0.3) is 0 Å². The predicted octanol–water partition coefficient (Wildman–Crippen LogP) is 2.95. The van der Waals surface area contributed by atoms with Gasteiger partial charge < -0.3 is 20.1 Å². The molecule has 0 aliphatic rings. The number of nitrogens with one attached hydrogen (secondary N) is 2. The molecule has 0 amide bonds. The second kappa shape index (κ2) is 10.4. The zero-order valence-corrected chi connectivity index (χ0v) is 17.6. The van der Waals surface area contributed by atoms with E-state index in [0.717, 1.165) is 18.1 Å². The van der Waals surface area contributed by atoms with Crippen molar-refractivity contribution in [1.29, 1.82) is 0 Å². The molecule has 0 aromatic heterocycles. The minimum absolute atomic E-state index is 0. The average molecular weight is 449 g/mol. The van der Waals surface area contributed by atoms with Crippen molar-refractivity contribution >= 4 is 35.9 Å². The van der Waals surface area contributed by atoms with Gasteiger partial charge >= 0.3 is 5.97 Å². The van der Waals surface area contributed by atoms with E-state index in [-0.39, 0.29) is 29.5 Å². The van der Waals surface area contributed by atoms with Crippen LogP contribution in [0.15, 0.2) is 23.2 Å². The van der Waals surface area contributed by atoms with Gasteiger partial charge in [0, 0.05) is 12.1 Å². The van der Waals surface area contributed by atoms with Gasteiger partial charge in [-0.1, -0.05) is 6.07 Å². The largest absolute Gasteiger partial charge is 0.496 e. The number of aliphatic imine (C=N–C) groups is 1. The molecule has 0 aliphatic carbocycles. The summed E-state index contributed by atoms with van der Waals surface area (Å²) in [5.74, 6) is 0.798. The van der Waals surface area contributed by atoms with Crippen molar-refractivity contribution in [3.05, 3.63) is 29.3 Å². The number of guanidine groups is 1. The highest BCUT2D eigenvalue weighted by atomic mass is 127. The number of carbonyl (C=O) groups is 1. The highest BCUT2D eigenvalue weighted by Crippen LogP contribution is 2.21. The van der Waals surface area contributed by atoms with Crippen molar-refractivity contribution in [2.24, 2.45) is 4.99 Å². The van der Waals surface area contributed by atoms with E-state index in [1.54, 1.807) is 12.1 Å². The summed E-state index contributed by atoms with van der Waals surface area (Å²) in [5.41, 5.74) is 1.21. The highest BCUT2D eigenvalue weighted by Gasteiger charge is 2.14. The molecule has 1 rings (SSSR count). The lowest BCUT2D eigenvalue weighted by atomic mass is 10.1. The molecule has 1 aromatic carbocycles. The maximum absolute atomic E-state index is 11.8. The third kappa shape index (κ3) is 7.37. The van der Waals surface area contributed by atoms with Crippen molar-refractivity contribution in [2.75, 3.05) is 20.8 Å². The molecule has 0 fully saturated rings. The van der Waals surface area contributed by atoms with Crippen molar-refractivity contribution in [2.45, 2.75) is 39.8 Å². The second-order valence-electron chi connectivity index (χ2n) is 6.10. The fourth-order valence-corrected chi connectivity index (χ4v) is 1.96. The minimum atomic E-state index is -0.424. The molecule has 0 spiro atoms. The summed E-state index contributed by atoms with van der Waals surface area (Å²) in [6.07, 6.45) is 0. The first-order chi connectivity index (χ1) is 10.8. The quantitative estimate of drug-likeness (QED) is 0.313. The number of esters is 1. The van der Waals surface area contributed by atoms with Gasteiger partial charge in [-0.25, -0.2) is 9.79 Å². The number of nitrogens with zero attached hydrogens (tertiary/aromatic N) is 1. The van der Waals surface area contributed by atoms with E-state index in [2.05, 4.69) is 36.4 Å². The maximum atomic E-state index is 11.8. The van der Waals surface area contributed by atoms with Crippen molar-refractivity contribution in [3.63, 3.8) is 0 Å². The number of hydrogen-bond acceptors (Lipinski definition) is 4. The van der Waals surface area contributed by atoms with Crippen LogP contribution in [0, 0.1) is 0 Å². The van der Waals surface area contributed by atoms with E-state index in [4.69, 9.17) is 9.47 Å². The molecular weight excluding hydrogens is 421 g/mol. The fraction of sp³-hybridized carbons (Fsp3) is 0.529. The van der Waals surface area contributed by atoms with Gasteiger partial charge in [-0.15, -0.1) is 24.0 Å². The van der Waals surface area contributed by atoms with Crippen LogP contribution in [0.25, 0.3) is 0 Å². The topological polar surface area (TPSA) is 72.0 Å². The summed E-state index contributed by atoms with van der Waals surface area (Å²) in [5, 5.41) is 6.52. The number of carbonyl (C=O) groups excluding carboxylic acids is 1. The molecule has 0 bridgehead atoms. The molecule has 0 aliphatic heterocycles. The van der Waals surface area contributed by atoms with Gasteiger partial charge in [0.2, 0.25) is 0 Å². The van der Waals surface area contributed by atoms with Crippen LogP contribution < -0.4 is 15.4 Å². The Morgan fingerprint density at radius 1 is 1.25 bits per heavy atom. The van der Waals surface area contributed by atoms with E-state index >= 15 is 0 Å². The molecular formula is C17H28IN3O3. The Labute approximate surface area is 161 Å². The molecule has 1 aromatic rings. The molecule has 0 saturated carbocycles. The monoisotopic (exact) mass is 449 g/mol. The average Bonchev–Trinajstić information content (AvgIpc) is 2.50. The number of benzene rings is 1. The van der Waals surface area contributed by atoms with Gasteiger partial charge in [-0.05, 0) is 45.4 Å². The van der Waals surface area contributed by atoms with Crippen molar-refractivity contribution in [3.8, 4) is 5.75 Å². The molecule has 0 heterocycles. The molecule has 0 radical (unpaired) electrons. The Morgan fingerprint density at radius 3 is 2.42 bits per heavy atom. The number of methoxy groups -OCH3 is 2. The summed E-state index contributed by atoms with van der Waals surface area (Å²) >= 11 is 0. The zero-order chi connectivity index (χ0) is 17.5. The van der Waals surface area contributed by atoms with Crippen LogP contribution in [0.5, 0.6) is 5.75 Å². The first kappa shape index (κ1) is 22.5. The SMILES string of the molecule is CCNC(=NCc1ccc(OC)c(C(=O)OC)c1)NC(C)(C)C.I. The lowest BCUT2D eigenvalue weighted by Crippen LogP contribution is -2.47. The predicted molar refractivity (Wildman–Crippen MR) is 107 cm³/mol. The normalized spacial score (nSPS) is 11.3. The molecule has 7 heteroatoms. The molecule has 2 N–H and O–H groups in total. The fourth-order valence-electron chi connectivity index (χ4n) is 1.96. The number of rotatable bonds is 5. The lowest BCUT2D eigenvalue weighted by Gasteiger charge is -2.23. The van der Waals surface area contributed by atoms with Crippen LogP contribution >= 0.6 is 24.0 Å². The molecule has 24 heavy (non-hydrogen) atoms. The lowest BCUT2D eigenvalue weighted by molar-refractivity contribution is 0.0597. The molecule has 0 saturated heterocycles. The van der Waals surface area contributed by atoms with Gasteiger partial charge in [0.15, 0.2) is 5.96 Å². The highest BCUT2D eigenvalue weighted by molar-refractivity contribution is 14.0. The number of halogens is 1. The van der Waals surface area contributed by atoms with Crippen LogP contribution in [-0.2, 0) is 11.3 Å². The first-order valence-corrected chi connectivity index (χ1v) is 7.62. The minimum Gasteiger partial charge on any atom is -0.496 e. The Balaban J connectivity index is 0.00000529. The number of ether oxygens (including phenoxy) is 2. The van der Waals surface area contributed by atoms with Crippen molar-refractivity contribution in [1.82, 2.24) is 10.6 Å². The van der Waals surface area contributed by atoms with Crippen LogP contribution in [0.4, 0.5) is 0 Å². The maximum Gasteiger partial charge on any atom is 0.341 e. The Hall–Kier alpha value is -1.51. The third-order valence-electron chi connectivity index (χ3n) is 2.93. The molecule has 6 nitrogen and oxygen atoms in total. The Bertz CT molecular complexity index is 569. The Kier molecular flexibility index (Phi) is 9.72. The van der Waals surface area contributed by atoms with E-state index in [1.807, 2.05) is 13.0 Å². The Morgan fingerprint density at radius 2 is 1.92 bits per heavy atom. The van der Waals surface area contributed by atoms with Crippen LogP contribution in [-0.4, -0.2) is 38.2 Å². The number of hydrogen-bond donors (Lipinski definition) is 2. The molecule has 0 unspecified atom stereocenters. The van der Waals surface area contributed by atoms with E-state index in [0.29, 0.717) is 17.9 Å². The first-order valence-electron chi connectivity index (χ1n) is 7.62. The van der Waals surface area contributed by atoms with Crippen LogP contribution in [0.2, 0.25) is 0 Å². The van der Waals surface area contributed by atoms with Crippen LogP contribution in [0.1, 0.15) is 43.6 Å². The van der Waals surface area contributed by atoms with E-state index < -0.39 is 5.97 Å². The summed E-state index contributed by atoms with van der Waals surface area (Å²) < 4.78 is 9.98. The zero-order valence-electron chi connectivity index (χ0n) is 15.2. The summed E-state index contributed by atoms with van der Waals surface area (Å²) in [7, 11) is 2.87. The van der Waals surface area contributed by atoms with Gasteiger partial charge in [0.1, 0.15) is 11.3 Å². The van der Waals surface area contributed by atoms with Crippen LogP contribution in [0.3, 0.4) is 0 Å². The third-order valence-corrected chi connectivity index (χ3v) is 2.93. The molecule has 136 valence electrons. The molecule has 0 atom stereocenters. The van der Waals surface area contributed by atoms with Gasteiger partial charge in [0.05, 0.1) is 20.8 Å². The van der Waals surface area contributed by atoms with Gasteiger partial charge in [-0.2, -0.15) is 0 Å². The summed E-state index contributed by atoms with van der Waals surface area (Å²) in [6, 6.07) is 5.38. The summed E-state index contributed by atoms with van der Waals surface area (Å²) in [6.45, 7) is 9.45. The second-order valence-corrected chi connectivity index (χ2v) is 6.10. The van der Waals surface area contributed by atoms with Crippen molar-refractivity contribution < 1.29 is 14.3 Å². The smallest absolute Gasteiger partial charge is 0.341 e. The standard InChI is InChI=1S/C17H27N3O3.HI/c1-7-18-16(20-17(2,3)4)19-11-12-8-9-14(22-5)13(10-12)15(21)23-6;/h8-10H,7,11H2,1-6H3,(H2,18,19,20);1H.